The predicted molar refractivity (Wildman–Crippen MR) is 86.5 cm³/mol. The summed E-state index contributed by atoms with van der Waals surface area (Å²) in [5.74, 6) is 0. The van der Waals surface area contributed by atoms with Gasteiger partial charge in [0.2, 0.25) is 0 Å². The van der Waals surface area contributed by atoms with Gasteiger partial charge in [-0.05, 0) is 51.8 Å². The Labute approximate surface area is 150 Å². The van der Waals surface area contributed by atoms with Crippen LogP contribution in [0.1, 0.15) is 38.8 Å². The highest BCUT2D eigenvalue weighted by molar-refractivity contribution is 7.85. The Morgan fingerprint density at radius 1 is 1.19 bits per heavy atom. The number of ether oxygens (including phenoxy) is 1. The van der Waals surface area contributed by atoms with Gasteiger partial charge in [0.1, 0.15) is 5.60 Å². The van der Waals surface area contributed by atoms with E-state index < -0.39 is 45.9 Å². The fourth-order valence-corrected chi connectivity index (χ4v) is 3.91. The Kier molecular flexibility index (Phi) is 5.31. The fourth-order valence-electron chi connectivity index (χ4n) is 2.51. The normalized spacial score (nSPS) is 23.1. The lowest BCUT2D eigenvalue weighted by Gasteiger charge is -2.26. The summed E-state index contributed by atoms with van der Waals surface area (Å²) in [6.07, 6.45) is -6.42. The van der Waals surface area contributed by atoms with E-state index in [1.807, 2.05) is 0 Å². The fraction of sp³-hybridized carbons (Fsp3) is 0.562. The zero-order chi connectivity index (χ0) is 19.9. The Bertz CT molecular complexity index is 769. The quantitative estimate of drug-likeness (QED) is 0.766. The third-order valence-electron chi connectivity index (χ3n) is 3.66. The van der Waals surface area contributed by atoms with Crippen molar-refractivity contribution in [3.8, 4) is 0 Å². The Morgan fingerprint density at radius 3 is 2.19 bits per heavy atom. The van der Waals surface area contributed by atoms with Crippen molar-refractivity contribution in [3.63, 3.8) is 0 Å². The van der Waals surface area contributed by atoms with E-state index in [4.69, 9.17) is 8.92 Å². The second-order valence-corrected chi connectivity index (χ2v) is 8.44. The molecular weight excluding hydrogens is 375 g/mol. The van der Waals surface area contributed by atoms with E-state index in [9.17, 15) is 26.4 Å². The number of amides is 1. The summed E-state index contributed by atoms with van der Waals surface area (Å²) >= 11 is 0. The van der Waals surface area contributed by atoms with Crippen molar-refractivity contribution in [2.45, 2.75) is 58.0 Å². The largest absolute Gasteiger partial charge is 0.443 e. The van der Waals surface area contributed by atoms with Crippen LogP contribution in [0, 0.1) is 0 Å². The van der Waals surface area contributed by atoms with Crippen molar-refractivity contribution in [1.29, 1.82) is 0 Å². The minimum Gasteiger partial charge on any atom is -0.443 e. The smallest absolute Gasteiger partial charge is 0.426 e. The second-order valence-electron chi connectivity index (χ2n) is 7.00. The molecule has 2 atom stereocenters. The molecule has 0 spiro atoms. The number of carbonyl (C=O) groups excluding carboxylic acids is 1. The van der Waals surface area contributed by atoms with Crippen molar-refractivity contribution in [1.82, 2.24) is 4.31 Å². The lowest BCUT2D eigenvalue weighted by Crippen LogP contribution is -2.44. The lowest BCUT2D eigenvalue weighted by molar-refractivity contribution is -0.137. The maximum atomic E-state index is 12.6. The molecule has 0 aliphatic carbocycles. The van der Waals surface area contributed by atoms with Crippen LogP contribution in [0.2, 0.25) is 0 Å². The first-order chi connectivity index (χ1) is 11.7. The van der Waals surface area contributed by atoms with E-state index in [0.29, 0.717) is 9.87 Å². The van der Waals surface area contributed by atoms with Gasteiger partial charge < -0.3 is 4.74 Å². The van der Waals surface area contributed by atoms with Gasteiger partial charge in [0.15, 0.2) is 0 Å². The van der Waals surface area contributed by atoms with Crippen molar-refractivity contribution in [3.05, 3.63) is 35.4 Å². The summed E-state index contributed by atoms with van der Waals surface area (Å²) in [5, 5.41) is 0. The van der Waals surface area contributed by atoms with Crippen molar-refractivity contribution < 1.29 is 35.3 Å². The Morgan fingerprint density at radius 2 is 1.73 bits per heavy atom. The molecule has 0 aromatic heterocycles. The minimum absolute atomic E-state index is 0.00221. The number of hydrogen-bond acceptors (Lipinski definition) is 5. The van der Waals surface area contributed by atoms with Crippen molar-refractivity contribution in [2.75, 3.05) is 0 Å². The van der Waals surface area contributed by atoms with Crippen LogP contribution in [0.5, 0.6) is 0 Å². The Hall–Kier alpha value is -1.81. The average molecular weight is 395 g/mol. The van der Waals surface area contributed by atoms with Gasteiger partial charge in [0.05, 0.1) is 17.7 Å². The molecule has 6 nitrogen and oxygen atoms in total. The number of hydrogen-bond donors (Lipinski definition) is 0. The number of benzene rings is 1. The van der Waals surface area contributed by atoms with Gasteiger partial charge in [-0.1, -0.05) is 12.1 Å². The molecule has 1 saturated heterocycles. The predicted octanol–water partition coefficient (Wildman–Crippen LogP) is 3.52. The highest BCUT2D eigenvalue weighted by Gasteiger charge is 2.49. The first-order valence-corrected chi connectivity index (χ1v) is 9.19. The van der Waals surface area contributed by atoms with Gasteiger partial charge in [-0.3, -0.25) is 0 Å². The molecule has 0 saturated carbocycles. The lowest BCUT2D eigenvalue weighted by atomic mass is 10.0. The number of nitrogens with zero attached hydrogens (tertiary/aromatic N) is 1. The minimum atomic E-state index is -4.46. The summed E-state index contributed by atoms with van der Waals surface area (Å²) < 4.78 is 72.7. The maximum absolute atomic E-state index is 12.6. The molecule has 0 bridgehead atoms. The highest BCUT2D eigenvalue weighted by Crippen LogP contribution is 2.32. The van der Waals surface area contributed by atoms with Gasteiger partial charge in [0.25, 0.3) is 0 Å². The van der Waals surface area contributed by atoms with Crippen LogP contribution in [0.3, 0.4) is 0 Å². The summed E-state index contributed by atoms with van der Waals surface area (Å²) in [4.78, 5) is 12.3. The molecule has 2 rings (SSSR count). The monoisotopic (exact) mass is 395 g/mol. The topological polar surface area (TPSA) is 72.9 Å². The zero-order valence-electron chi connectivity index (χ0n) is 14.7. The molecule has 146 valence electrons. The molecule has 1 aromatic carbocycles. The third kappa shape index (κ3) is 4.67. The van der Waals surface area contributed by atoms with E-state index in [-0.39, 0.29) is 6.42 Å². The molecule has 0 N–H and O–H groups in total. The van der Waals surface area contributed by atoms with E-state index in [0.717, 1.165) is 12.1 Å². The molecular formula is C16H20F3NO5S. The first-order valence-electron chi connectivity index (χ1n) is 7.82. The number of halogens is 3. The number of alkyl halides is 3. The number of carbonyl (C=O) groups is 1. The molecule has 0 unspecified atom stereocenters. The maximum Gasteiger partial charge on any atom is 0.426 e. The molecule has 1 heterocycles. The molecule has 10 heteroatoms. The van der Waals surface area contributed by atoms with E-state index in [1.54, 1.807) is 20.8 Å². The van der Waals surface area contributed by atoms with Gasteiger partial charge in [0, 0.05) is 0 Å². The van der Waals surface area contributed by atoms with Crippen molar-refractivity contribution in [2.24, 2.45) is 0 Å². The summed E-state index contributed by atoms with van der Waals surface area (Å²) in [6.45, 7) is 6.23. The van der Waals surface area contributed by atoms with Crippen LogP contribution in [0.15, 0.2) is 24.3 Å². The number of rotatable bonds is 2. The zero-order valence-corrected chi connectivity index (χ0v) is 15.5. The van der Waals surface area contributed by atoms with Gasteiger partial charge >= 0.3 is 22.6 Å². The van der Waals surface area contributed by atoms with Crippen LogP contribution in [0.4, 0.5) is 18.0 Å². The summed E-state index contributed by atoms with van der Waals surface area (Å²) in [5.41, 5.74) is -1.30. The standard InChI is InChI=1S/C16H20F3NO5S/c1-10-13(9-11-5-7-12(8-6-11)16(17,18)19)20(26(22,23)25-10)14(21)24-15(2,3)4/h5-8,10,13H,9H2,1-4H3/t10-,13+/m1/s1. The third-order valence-corrected chi connectivity index (χ3v) is 5.11. The van der Waals surface area contributed by atoms with Crippen LogP contribution in [0.25, 0.3) is 0 Å². The van der Waals surface area contributed by atoms with Crippen LogP contribution in [-0.4, -0.2) is 36.6 Å². The van der Waals surface area contributed by atoms with Gasteiger partial charge in [-0.15, -0.1) is 0 Å². The average Bonchev–Trinajstić information content (AvgIpc) is 2.65. The summed E-state index contributed by atoms with van der Waals surface area (Å²) in [7, 11) is -4.33. The van der Waals surface area contributed by atoms with E-state index >= 15 is 0 Å². The molecule has 1 amide bonds. The van der Waals surface area contributed by atoms with Gasteiger partial charge in [-0.2, -0.15) is 25.9 Å². The molecule has 1 aromatic rings. The highest BCUT2D eigenvalue weighted by atomic mass is 32.2. The molecule has 1 aliphatic heterocycles. The molecule has 1 fully saturated rings. The van der Waals surface area contributed by atoms with Crippen LogP contribution < -0.4 is 0 Å². The second kappa shape index (κ2) is 6.73. The molecule has 0 radical (unpaired) electrons. The first kappa shape index (κ1) is 20.5. The van der Waals surface area contributed by atoms with Crippen LogP contribution >= 0.6 is 0 Å². The SMILES string of the molecule is C[C@H]1OS(=O)(=O)N(C(=O)OC(C)(C)C)[C@H]1Cc1ccc(C(F)(F)F)cc1. The van der Waals surface area contributed by atoms with Gasteiger partial charge in [-0.25, -0.2) is 8.98 Å². The van der Waals surface area contributed by atoms with E-state index in [1.165, 1.54) is 19.1 Å². The van der Waals surface area contributed by atoms with Crippen LogP contribution in [-0.2, 0) is 31.8 Å². The Balaban J connectivity index is 2.26. The van der Waals surface area contributed by atoms with Crippen molar-refractivity contribution >= 4 is 16.4 Å². The molecule has 1 aliphatic rings. The van der Waals surface area contributed by atoms with E-state index in [2.05, 4.69) is 0 Å². The molecule has 26 heavy (non-hydrogen) atoms. The summed E-state index contributed by atoms with van der Waals surface area (Å²) in [6, 6.07) is 3.37.